The first-order valence-electron chi connectivity index (χ1n) is 2.71. The summed E-state index contributed by atoms with van der Waals surface area (Å²) in [6.45, 7) is 1.67. The van der Waals surface area contributed by atoms with Gasteiger partial charge in [-0.3, -0.25) is 9.79 Å². The molecule has 0 aliphatic heterocycles. The number of hydrogen-bond acceptors (Lipinski definition) is 3. The first-order chi connectivity index (χ1) is 4.68. The SMILES string of the molecule is C/C(=N\C=N/CN)C(N)=O. The molecular weight excluding hydrogens is 132 g/mol. The molecular formula is C5H10N4O. The third kappa shape index (κ3) is 3.73. The van der Waals surface area contributed by atoms with Gasteiger partial charge in [-0.1, -0.05) is 0 Å². The summed E-state index contributed by atoms with van der Waals surface area (Å²) >= 11 is 0. The minimum absolute atomic E-state index is 0.162. The van der Waals surface area contributed by atoms with E-state index in [9.17, 15) is 4.79 Å². The summed E-state index contributed by atoms with van der Waals surface area (Å²) in [5, 5.41) is 0. The predicted octanol–water partition coefficient (Wildman–Crippen LogP) is -1.12. The Morgan fingerprint density at radius 2 is 2.30 bits per heavy atom. The summed E-state index contributed by atoms with van der Waals surface area (Å²) in [5.74, 6) is -0.552. The molecule has 0 aromatic heterocycles. The molecule has 0 radical (unpaired) electrons. The highest BCUT2D eigenvalue weighted by Crippen LogP contribution is 1.71. The molecule has 0 saturated carbocycles. The number of nitrogens with two attached hydrogens (primary N) is 2. The van der Waals surface area contributed by atoms with Crippen LogP contribution in [0.25, 0.3) is 0 Å². The van der Waals surface area contributed by atoms with E-state index in [2.05, 4.69) is 9.98 Å². The Hall–Kier alpha value is -1.23. The zero-order valence-corrected chi connectivity index (χ0v) is 5.74. The lowest BCUT2D eigenvalue weighted by Gasteiger charge is -1.86. The van der Waals surface area contributed by atoms with Gasteiger partial charge in [0, 0.05) is 0 Å². The topological polar surface area (TPSA) is 93.8 Å². The monoisotopic (exact) mass is 142 g/mol. The zero-order chi connectivity index (χ0) is 7.98. The summed E-state index contributed by atoms with van der Waals surface area (Å²) in [4.78, 5) is 17.4. The van der Waals surface area contributed by atoms with Crippen LogP contribution in [0.2, 0.25) is 0 Å². The summed E-state index contributed by atoms with van der Waals surface area (Å²) in [5.41, 5.74) is 10.1. The van der Waals surface area contributed by atoms with Gasteiger partial charge in [0.2, 0.25) is 0 Å². The number of rotatable bonds is 3. The highest BCUT2D eigenvalue weighted by molar-refractivity contribution is 6.38. The smallest absolute Gasteiger partial charge is 0.262 e. The first kappa shape index (κ1) is 8.77. The molecule has 0 fully saturated rings. The van der Waals surface area contributed by atoms with Crippen molar-refractivity contribution in [3.05, 3.63) is 0 Å². The number of nitrogens with zero attached hydrogens (tertiary/aromatic N) is 2. The molecule has 0 aliphatic rings. The molecule has 10 heavy (non-hydrogen) atoms. The van der Waals surface area contributed by atoms with Crippen LogP contribution < -0.4 is 11.5 Å². The number of primary amides is 1. The van der Waals surface area contributed by atoms with Crippen LogP contribution in [0.3, 0.4) is 0 Å². The molecule has 1 amide bonds. The average molecular weight is 142 g/mol. The van der Waals surface area contributed by atoms with Crippen molar-refractivity contribution in [2.24, 2.45) is 21.5 Å². The molecule has 56 valence electrons. The van der Waals surface area contributed by atoms with Crippen molar-refractivity contribution >= 4 is 18.0 Å². The number of amides is 1. The molecule has 0 spiro atoms. The van der Waals surface area contributed by atoms with Crippen molar-refractivity contribution in [3.8, 4) is 0 Å². The van der Waals surface area contributed by atoms with Gasteiger partial charge in [0.1, 0.15) is 12.1 Å². The summed E-state index contributed by atoms with van der Waals surface area (Å²) < 4.78 is 0. The molecule has 5 nitrogen and oxygen atoms in total. The lowest BCUT2D eigenvalue weighted by Crippen LogP contribution is -2.20. The van der Waals surface area contributed by atoms with E-state index < -0.39 is 5.91 Å². The third-order valence-electron chi connectivity index (χ3n) is 0.795. The predicted molar refractivity (Wildman–Crippen MR) is 39.8 cm³/mol. The summed E-state index contributed by atoms with van der Waals surface area (Å²) in [7, 11) is 0. The summed E-state index contributed by atoms with van der Waals surface area (Å²) in [6, 6.07) is 0. The maximum Gasteiger partial charge on any atom is 0.262 e. The van der Waals surface area contributed by atoms with Gasteiger partial charge < -0.3 is 11.5 Å². The van der Waals surface area contributed by atoms with Crippen molar-refractivity contribution in [2.75, 3.05) is 6.67 Å². The molecule has 0 aromatic rings. The third-order valence-corrected chi connectivity index (χ3v) is 0.795. The van der Waals surface area contributed by atoms with Crippen molar-refractivity contribution in [1.82, 2.24) is 0 Å². The van der Waals surface area contributed by atoms with E-state index in [1.807, 2.05) is 0 Å². The zero-order valence-electron chi connectivity index (χ0n) is 5.74. The minimum atomic E-state index is -0.552. The van der Waals surface area contributed by atoms with Gasteiger partial charge in [0.15, 0.2) is 0 Å². The summed E-state index contributed by atoms with van der Waals surface area (Å²) in [6.07, 6.45) is 1.21. The number of hydrogen-bond donors (Lipinski definition) is 2. The van der Waals surface area contributed by atoms with Gasteiger partial charge in [-0.05, 0) is 6.92 Å². The van der Waals surface area contributed by atoms with E-state index in [1.165, 1.54) is 13.3 Å². The Balaban J connectivity index is 3.92. The lowest BCUT2D eigenvalue weighted by atomic mass is 10.4. The molecule has 0 rings (SSSR count). The second kappa shape index (κ2) is 4.63. The van der Waals surface area contributed by atoms with E-state index in [0.29, 0.717) is 0 Å². The van der Waals surface area contributed by atoms with Crippen LogP contribution in [-0.2, 0) is 4.79 Å². The van der Waals surface area contributed by atoms with E-state index in [-0.39, 0.29) is 12.4 Å². The van der Waals surface area contributed by atoms with Crippen molar-refractivity contribution in [1.29, 1.82) is 0 Å². The van der Waals surface area contributed by atoms with Crippen molar-refractivity contribution < 1.29 is 4.79 Å². The van der Waals surface area contributed by atoms with Crippen LogP contribution in [0.5, 0.6) is 0 Å². The molecule has 4 N–H and O–H groups in total. The average Bonchev–Trinajstić information content (AvgIpc) is 1.88. The standard InChI is InChI=1S/C5H10N4O/c1-4(5(7)10)9-3-8-2-6/h3H,2,6H2,1H3,(H2,7,10)/b8-3-,9-4+. The fraction of sp³-hybridized carbons (Fsp3) is 0.400. The second-order valence-corrected chi connectivity index (χ2v) is 1.56. The van der Waals surface area contributed by atoms with E-state index >= 15 is 0 Å². The second-order valence-electron chi connectivity index (χ2n) is 1.56. The molecule has 0 unspecified atom stereocenters. The van der Waals surface area contributed by atoms with Gasteiger partial charge >= 0.3 is 0 Å². The van der Waals surface area contributed by atoms with Gasteiger partial charge in [-0.25, -0.2) is 4.99 Å². The van der Waals surface area contributed by atoms with Crippen LogP contribution in [0, 0.1) is 0 Å². The molecule has 0 aromatic carbocycles. The Kier molecular flexibility index (Phi) is 4.06. The van der Waals surface area contributed by atoms with E-state index in [0.717, 1.165) is 0 Å². The molecule has 0 saturated heterocycles. The van der Waals surface area contributed by atoms with E-state index in [1.54, 1.807) is 0 Å². The highest BCUT2D eigenvalue weighted by Gasteiger charge is 1.94. The van der Waals surface area contributed by atoms with Crippen LogP contribution >= 0.6 is 0 Å². The van der Waals surface area contributed by atoms with E-state index in [4.69, 9.17) is 11.5 Å². The quantitative estimate of drug-likeness (QED) is 0.385. The Morgan fingerprint density at radius 1 is 1.70 bits per heavy atom. The number of aliphatic imine (C=N–C) groups is 2. The molecule has 0 atom stereocenters. The normalized spacial score (nSPS) is 12.4. The van der Waals surface area contributed by atoms with Gasteiger partial charge in [-0.2, -0.15) is 0 Å². The Morgan fingerprint density at radius 3 is 2.70 bits per heavy atom. The van der Waals surface area contributed by atoms with Gasteiger partial charge in [0.05, 0.1) is 6.67 Å². The molecule has 0 heterocycles. The Bertz CT molecular complexity index is 172. The van der Waals surface area contributed by atoms with Crippen LogP contribution in [-0.4, -0.2) is 24.6 Å². The molecule has 0 aliphatic carbocycles. The minimum Gasteiger partial charge on any atom is -0.365 e. The maximum absolute atomic E-state index is 10.3. The highest BCUT2D eigenvalue weighted by atomic mass is 16.1. The fourth-order valence-electron chi connectivity index (χ4n) is 0.238. The lowest BCUT2D eigenvalue weighted by molar-refractivity contribution is -0.112. The molecule has 0 bridgehead atoms. The molecule has 5 heteroatoms. The van der Waals surface area contributed by atoms with Crippen LogP contribution in [0.4, 0.5) is 0 Å². The Labute approximate surface area is 58.8 Å². The van der Waals surface area contributed by atoms with Crippen molar-refractivity contribution in [2.45, 2.75) is 6.92 Å². The number of carbonyl (C=O) groups is 1. The maximum atomic E-state index is 10.3. The van der Waals surface area contributed by atoms with Crippen LogP contribution in [0.15, 0.2) is 9.98 Å². The van der Waals surface area contributed by atoms with Crippen LogP contribution in [0.1, 0.15) is 6.92 Å². The fourth-order valence-corrected chi connectivity index (χ4v) is 0.238. The first-order valence-corrected chi connectivity index (χ1v) is 2.71. The largest absolute Gasteiger partial charge is 0.365 e. The van der Waals surface area contributed by atoms with Gasteiger partial charge in [-0.15, -0.1) is 0 Å². The number of carbonyl (C=O) groups excluding carboxylic acids is 1. The van der Waals surface area contributed by atoms with Crippen molar-refractivity contribution in [3.63, 3.8) is 0 Å². The van der Waals surface area contributed by atoms with Gasteiger partial charge in [0.25, 0.3) is 5.91 Å².